The first-order valence-corrected chi connectivity index (χ1v) is 4.48. The molecule has 0 aliphatic heterocycles. The van der Waals surface area contributed by atoms with Crippen LogP contribution in [0.25, 0.3) is 0 Å². The predicted octanol–water partition coefficient (Wildman–Crippen LogP) is 2.41. The first-order chi connectivity index (χ1) is 5.70. The largest absolute Gasteiger partial charge is 0.314 e. The Bertz CT molecular complexity index is 127. The van der Waals surface area contributed by atoms with Crippen molar-refractivity contribution in [2.75, 3.05) is 6.61 Å². The third-order valence-corrected chi connectivity index (χ3v) is 1.96. The Labute approximate surface area is 73.0 Å². The summed E-state index contributed by atoms with van der Waals surface area (Å²) in [5, 5.41) is 9.16. The summed E-state index contributed by atoms with van der Waals surface area (Å²) in [5.74, 6) is 0.343. The maximum absolute atomic E-state index is 9.88. The third kappa shape index (κ3) is 5.95. The summed E-state index contributed by atoms with van der Waals surface area (Å²) >= 11 is 0. The van der Waals surface area contributed by atoms with E-state index >= 15 is 0 Å². The number of rotatable bonds is 7. The maximum atomic E-state index is 9.88. The van der Waals surface area contributed by atoms with Crippen LogP contribution in [0.15, 0.2) is 0 Å². The van der Waals surface area contributed by atoms with Crippen molar-refractivity contribution in [3.8, 4) is 0 Å². The lowest BCUT2D eigenvalue weighted by Crippen LogP contribution is -2.12. The Morgan fingerprint density at radius 3 is 2.58 bits per heavy atom. The van der Waals surface area contributed by atoms with E-state index in [1.54, 1.807) is 0 Å². The quantitative estimate of drug-likeness (QED) is 0.441. The van der Waals surface area contributed by atoms with Crippen LogP contribution in [-0.4, -0.2) is 11.7 Å². The standard InChI is InChI=1S/C8H17NO3/c1-3-5-6-8(4-2)7-12-9(10)11/h8H,3-7H2,1-2H3/t8-/m0/s1. The minimum absolute atomic E-state index is 0.253. The summed E-state index contributed by atoms with van der Waals surface area (Å²) in [4.78, 5) is 14.2. The van der Waals surface area contributed by atoms with Crippen LogP contribution in [0.4, 0.5) is 0 Å². The van der Waals surface area contributed by atoms with Crippen LogP contribution in [0.5, 0.6) is 0 Å². The average molecular weight is 175 g/mol. The normalized spacial score (nSPS) is 12.5. The van der Waals surface area contributed by atoms with Crippen LogP contribution in [0, 0.1) is 16.0 Å². The molecule has 4 heteroatoms. The van der Waals surface area contributed by atoms with Gasteiger partial charge < -0.3 is 4.84 Å². The second-order valence-electron chi connectivity index (χ2n) is 2.94. The molecule has 0 spiro atoms. The molecule has 0 aromatic carbocycles. The van der Waals surface area contributed by atoms with Gasteiger partial charge in [0.2, 0.25) is 0 Å². The molecule has 0 aromatic rings. The maximum Gasteiger partial charge on any atom is 0.294 e. The van der Waals surface area contributed by atoms with Gasteiger partial charge in [-0.25, -0.2) is 0 Å². The lowest BCUT2D eigenvalue weighted by atomic mass is 10.0. The second kappa shape index (κ2) is 6.88. The number of unbranched alkanes of at least 4 members (excludes halogenated alkanes) is 1. The van der Waals surface area contributed by atoms with Gasteiger partial charge in [0.15, 0.2) is 0 Å². The molecule has 0 aromatic heterocycles. The lowest BCUT2D eigenvalue weighted by molar-refractivity contribution is -0.759. The van der Waals surface area contributed by atoms with Crippen LogP contribution in [-0.2, 0) is 4.84 Å². The van der Waals surface area contributed by atoms with Gasteiger partial charge >= 0.3 is 0 Å². The first kappa shape index (κ1) is 11.2. The van der Waals surface area contributed by atoms with Crippen LogP contribution in [0.3, 0.4) is 0 Å². The number of hydrogen-bond donors (Lipinski definition) is 0. The molecule has 0 amide bonds. The van der Waals surface area contributed by atoms with E-state index < -0.39 is 5.09 Å². The second-order valence-corrected chi connectivity index (χ2v) is 2.94. The molecule has 12 heavy (non-hydrogen) atoms. The van der Waals surface area contributed by atoms with Gasteiger partial charge in [0, 0.05) is 0 Å². The molecule has 0 bridgehead atoms. The van der Waals surface area contributed by atoms with Gasteiger partial charge in [-0.1, -0.05) is 33.1 Å². The van der Waals surface area contributed by atoms with Gasteiger partial charge in [0.25, 0.3) is 5.09 Å². The van der Waals surface area contributed by atoms with E-state index in [9.17, 15) is 10.1 Å². The highest BCUT2D eigenvalue weighted by Gasteiger charge is 2.07. The van der Waals surface area contributed by atoms with Crippen molar-refractivity contribution in [3.63, 3.8) is 0 Å². The average Bonchev–Trinajstić information content (AvgIpc) is 2.05. The zero-order valence-corrected chi connectivity index (χ0v) is 7.78. The summed E-state index contributed by atoms with van der Waals surface area (Å²) in [6, 6.07) is 0. The van der Waals surface area contributed by atoms with Crippen molar-refractivity contribution >= 4 is 0 Å². The highest BCUT2D eigenvalue weighted by molar-refractivity contribution is 4.54. The molecule has 0 fully saturated rings. The summed E-state index contributed by atoms with van der Waals surface area (Å²) < 4.78 is 0. The van der Waals surface area contributed by atoms with Crippen molar-refractivity contribution in [3.05, 3.63) is 10.1 Å². The van der Waals surface area contributed by atoms with E-state index in [1.807, 2.05) is 6.92 Å². The van der Waals surface area contributed by atoms with Crippen LogP contribution < -0.4 is 0 Å². The van der Waals surface area contributed by atoms with Crippen molar-refractivity contribution < 1.29 is 9.92 Å². The first-order valence-electron chi connectivity index (χ1n) is 4.48. The molecule has 0 aliphatic carbocycles. The molecule has 0 saturated carbocycles. The van der Waals surface area contributed by atoms with E-state index in [4.69, 9.17) is 0 Å². The monoisotopic (exact) mass is 175 g/mol. The molecule has 0 N–H and O–H groups in total. The molecule has 72 valence electrons. The third-order valence-electron chi connectivity index (χ3n) is 1.96. The van der Waals surface area contributed by atoms with Gasteiger partial charge in [0.05, 0.1) is 6.61 Å². The van der Waals surface area contributed by atoms with Crippen molar-refractivity contribution in [1.82, 2.24) is 0 Å². The topological polar surface area (TPSA) is 52.4 Å². The van der Waals surface area contributed by atoms with Gasteiger partial charge in [-0.3, -0.25) is 0 Å². The van der Waals surface area contributed by atoms with Crippen molar-refractivity contribution in [2.45, 2.75) is 39.5 Å². The minimum atomic E-state index is -0.714. The van der Waals surface area contributed by atoms with E-state index in [2.05, 4.69) is 11.8 Å². The van der Waals surface area contributed by atoms with Gasteiger partial charge in [0.1, 0.15) is 0 Å². The Kier molecular flexibility index (Phi) is 6.42. The van der Waals surface area contributed by atoms with E-state index in [0.717, 1.165) is 25.7 Å². The van der Waals surface area contributed by atoms with Gasteiger partial charge in [-0.05, 0) is 12.3 Å². The molecular weight excluding hydrogens is 158 g/mol. The summed E-state index contributed by atoms with van der Waals surface area (Å²) in [6.07, 6.45) is 4.24. The highest BCUT2D eigenvalue weighted by atomic mass is 16.9. The molecule has 0 rings (SSSR count). The highest BCUT2D eigenvalue weighted by Crippen LogP contribution is 2.12. The van der Waals surface area contributed by atoms with Gasteiger partial charge in [-0.2, -0.15) is 0 Å². The van der Waals surface area contributed by atoms with E-state index in [1.165, 1.54) is 0 Å². The number of hydrogen-bond acceptors (Lipinski definition) is 3. The molecular formula is C8H17NO3. The Morgan fingerprint density at radius 2 is 2.17 bits per heavy atom. The van der Waals surface area contributed by atoms with E-state index in [0.29, 0.717) is 5.92 Å². The SMILES string of the molecule is CCCC[C@H](CC)CO[N+](=O)[O-]. The molecule has 0 heterocycles. The minimum Gasteiger partial charge on any atom is -0.314 e. The predicted molar refractivity (Wildman–Crippen MR) is 46.3 cm³/mol. The van der Waals surface area contributed by atoms with Crippen LogP contribution >= 0.6 is 0 Å². The smallest absolute Gasteiger partial charge is 0.294 e. The molecule has 4 nitrogen and oxygen atoms in total. The fourth-order valence-electron chi connectivity index (χ4n) is 1.06. The molecule has 0 saturated heterocycles. The molecule has 1 atom stereocenters. The molecule has 0 radical (unpaired) electrons. The number of nitrogens with zero attached hydrogens (tertiary/aromatic N) is 1. The fourth-order valence-corrected chi connectivity index (χ4v) is 1.06. The molecule has 0 unspecified atom stereocenters. The Balaban J connectivity index is 3.45. The fraction of sp³-hybridized carbons (Fsp3) is 1.00. The van der Waals surface area contributed by atoms with E-state index in [-0.39, 0.29) is 6.61 Å². The van der Waals surface area contributed by atoms with Crippen LogP contribution in [0.1, 0.15) is 39.5 Å². The Morgan fingerprint density at radius 1 is 1.50 bits per heavy atom. The summed E-state index contributed by atoms with van der Waals surface area (Å²) in [6.45, 7) is 4.40. The lowest BCUT2D eigenvalue weighted by Gasteiger charge is -2.11. The van der Waals surface area contributed by atoms with Crippen molar-refractivity contribution in [1.29, 1.82) is 0 Å². The Hall–Kier alpha value is -0.800. The molecule has 0 aliphatic rings. The zero-order valence-electron chi connectivity index (χ0n) is 7.78. The van der Waals surface area contributed by atoms with Crippen molar-refractivity contribution in [2.24, 2.45) is 5.92 Å². The summed E-state index contributed by atoms with van der Waals surface area (Å²) in [7, 11) is 0. The summed E-state index contributed by atoms with van der Waals surface area (Å²) in [5.41, 5.74) is 0. The van der Waals surface area contributed by atoms with Gasteiger partial charge in [-0.15, -0.1) is 10.1 Å². The van der Waals surface area contributed by atoms with Crippen LogP contribution in [0.2, 0.25) is 0 Å². The zero-order chi connectivity index (χ0) is 9.40.